The molecule has 0 rings (SSSR count). The molecule has 5 nitrogen and oxygen atoms in total. The van der Waals surface area contributed by atoms with Gasteiger partial charge in [-0.05, 0) is 40.3 Å². The fourth-order valence-corrected chi connectivity index (χ4v) is 1.13. The molecule has 0 radical (unpaired) electrons. The van der Waals surface area contributed by atoms with E-state index in [1.54, 1.807) is 0 Å². The lowest BCUT2D eigenvalue weighted by Crippen LogP contribution is -2.33. The van der Waals surface area contributed by atoms with Crippen molar-refractivity contribution in [1.82, 2.24) is 5.32 Å². The number of carbonyl (C=O) groups excluding carboxylic acids is 1. The van der Waals surface area contributed by atoms with Crippen LogP contribution in [-0.2, 0) is 4.74 Å². The lowest BCUT2D eigenvalue weighted by Gasteiger charge is -2.19. The molecule has 94 valence electrons. The third kappa shape index (κ3) is 8.23. The van der Waals surface area contributed by atoms with E-state index in [9.17, 15) is 4.79 Å². The van der Waals surface area contributed by atoms with E-state index in [0.717, 1.165) is 12.8 Å². The van der Waals surface area contributed by atoms with Crippen LogP contribution in [0.1, 0.15) is 33.6 Å². The molecular weight excluding hydrogens is 206 g/mol. The number of alkyl carbamates (subject to hydrolysis) is 1. The van der Waals surface area contributed by atoms with Crippen molar-refractivity contribution in [2.45, 2.75) is 45.3 Å². The normalized spacial score (nSPS) is 13.0. The molecule has 0 aliphatic rings. The summed E-state index contributed by atoms with van der Waals surface area (Å²) in [7, 11) is 0. The molecule has 3 N–H and O–H groups in total. The van der Waals surface area contributed by atoms with Gasteiger partial charge in [-0.25, -0.2) is 4.79 Å². The summed E-state index contributed by atoms with van der Waals surface area (Å²) in [4.78, 5) is 15.1. The Hall–Kier alpha value is -1.10. The number of rotatable bonds is 6. The Morgan fingerprint density at radius 3 is 2.62 bits per heavy atom. The van der Waals surface area contributed by atoms with Gasteiger partial charge in [-0.1, -0.05) is 0 Å². The molecular formula is C11H23N3O2. The molecule has 0 heterocycles. The van der Waals surface area contributed by atoms with E-state index in [1.165, 1.54) is 0 Å². The number of ether oxygens (including phenoxy) is 1. The molecule has 0 saturated carbocycles. The second-order valence-corrected chi connectivity index (χ2v) is 4.64. The SMILES string of the molecule is C=N[C@@H](CN)CCCNC(=O)OC(C)(C)C. The van der Waals surface area contributed by atoms with E-state index in [0.29, 0.717) is 13.1 Å². The van der Waals surface area contributed by atoms with E-state index in [2.05, 4.69) is 17.0 Å². The summed E-state index contributed by atoms with van der Waals surface area (Å²) in [6.45, 7) is 10.0. The van der Waals surface area contributed by atoms with Crippen LogP contribution in [0.4, 0.5) is 4.79 Å². The zero-order chi connectivity index (χ0) is 12.6. The van der Waals surface area contributed by atoms with Crippen molar-refractivity contribution in [3.05, 3.63) is 0 Å². The van der Waals surface area contributed by atoms with Gasteiger partial charge < -0.3 is 15.8 Å². The summed E-state index contributed by atoms with van der Waals surface area (Å²) < 4.78 is 5.09. The summed E-state index contributed by atoms with van der Waals surface area (Å²) in [5.74, 6) is 0. The van der Waals surface area contributed by atoms with Crippen molar-refractivity contribution in [2.24, 2.45) is 10.7 Å². The molecule has 0 fully saturated rings. The van der Waals surface area contributed by atoms with Gasteiger partial charge in [-0.3, -0.25) is 4.99 Å². The highest BCUT2D eigenvalue weighted by Gasteiger charge is 2.15. The van der Waals surface area contributed by atoms with E-state index in [4.69, 9.17) is 10.5 Å². The quantitative estimate of drug-likeness (QED) is 0.532. The smallest absolute Gasteiger partial charge is 0.407 e. The first kappa shape index (κ1) is 14.9. The molecule has 0 aromatic rings. The minimum atomic E-state index is -0.452. The number of carbonyl (C=O) groups is 1. The van der Waals surface area contributed by atoms with Gasteiger partial charge in [0.25, 0.3) is 0 Å². The van der Waals surface area contributed by atoms with E-state index < -0.39 is 5.60 Å². The van der Waals surface area contributed by atoms with Gasteiger partial charge in [0.15, 0.2) is 0 Å². The molecule has 0 aromatic heterocycles. The zero-order valence-electron chi connectivity index (χ0n) is 10.5. The van der Waals surface area contributed by atoms with Gasteiger partial charge in [0.1, 0.15) is 5.60 Å². The predicted octanol–water partition coefficient (Wildman–Crippen LogP) is 1.32. The lowest BCUT2D eigenvalue weighted by molar-refractivity contribution is 0.0527. The van der Waals surface area contributed by atoms with Crippen molar-refractivity contribution in [1.29, 1.82) is 0 Å². The van der Waals surface area contributed by atoms with Gasteiger partial charge in [0.2, 0.25) is 0 Å². The Bertz CT molecular complexity index is 224. The molecule has 0 aliphatic carbocycles. The fraction of sp³-hybridized carbons (Fsp3) is 0.818. The molecule has 0 spiro atoms. The Morgan fingerprint density at radius 1 is 1.56 bits per heavy atom. The third-order valence-electron chi connectivity index (χ3n) is 1.91. The van der Waals surface area contributed by atoms with Gasteiger partial charge >= 0.3 is 6.09 Å². The van der Waals surface area contributed by atoms with E-state index >= 15 is 0 Å². The monoisotopic (exact) mass is 229 g/mol. The number of amides is 1. The van der Waals surface area contributed by atoms with Gasteiger partial charge in [0, 0.05) is 13.1 Å². The van der Waals surface area contributed by atoms with Crippen LogP contribution in [0.3, 0.4) is 0 Å². The van der Waals surface area contributed by atoms with Crippen molar-refractivity contribution in [3.63, 3.8) is 0 Å². The molecule has 0 bridgehead atoms. The van der Waals surface area contributed by atoms with Crippen LogP contribution in [0.25, 0.3) is 0 Å². The van der Waals surface area contributed by atoms with E-state index in [1.807, 2.05) is 20.8 Å². The van der Waals surface area contributed by atoms with Gasteiger partial charge in [-0.2, -0.15) is 0 Å². The highest BCUT2D eigenvalue weighted by molar-refractivity contribution is 5.67. The second-order valence-electron chi connectivity index (χ2n) is 4.64. The number of nitrogens with two attached hydrogens (primary N) is 1. The van der Waals surface area contributed by atoms with Gasteiger partial charge in [-0.15, -0.1) is 0 Å². The topological polar surface area (TPSA) is 76.7 Å². The molecule has 0 aliphatic heterocycles. The number of aliphatic imine (C=N–C) groups is 1. The Kier molecular flexibility index (Phi) is 6.72. The molecule has 1 amide bonds. The number of nitrogens with zero attached hydrogens (tertiary/aromatic N) is 1. The molecule has 1 atom stereocenters. The molecule has 0 unspecified atom stereocenters. The maximum Gasteiger partial charge on any atom is 0.407 e. The van der Waals surface area contributed by atoms with Crippen molar-refractivity contribution in [2.75, 3.05) is 13.1 Å². The highest BCUT2D eigenvalue weighted by Crippen LogP contribution is 2.06. The number of hydrogen-bond donors (Lipinski definition) is 2. The predicted molar refractivity (Wildman–Crippen MR) is 65.9 cm³/mol. The summed E-state index contributed by atoms with van der Waals surface area (Å²) >= 11 is 0. The third-order valence-corrected chi connectivity index (χ3v) is 1.91. The average molecular weight is 229 g/mol. The largest absolute Gasteiger partial charge is 0.444 e. The van der Waals surface area contributed by atoms with Crippen LogP contribution >= 0.6 is 0 Å². The van der Waals surface area contributed by atoms with Gasteiger partial charge in [0.05, 0.1) is 6.04 Å². The van der Waals surface area contributed by atoms with Crippen molar-refractivity contribution >= 4 is 12.8 Å². The minimum Gasteiger partial charge on any atom is -0.444 e. The van der Waals surface area contributed by atoms with Crippen LogP contribution < -0.4 is 11.1 Å². The van der Waals surface area contributed by atoms with Crippen molar-refractivity contribution < 1.29 is 9.53 Å². The Morgan fingerprint density at radius 2 is 2.19 bits per heavy atom. The number of nitrogens with one attached hydrogen (secondary N) is 1. The van der Waals surface area contributed by atoms with Crippen LogP contribution in [0, 0.1) is 0 Å². The van der Waals surface area contributed by atoms with Crippen molar-refractivity contribution in [3.8, 4) is 0 Å². The maximum atomic E-state index is 11.2. The Labute approximate surface area is 97.4 Å². The summed E-state index contributed by atoms with van der Waals surface area (Å²) in [6, 6.07) is 0.0837. The fourth-order valence-electron chi connectivity index (χ4n) is 1.13. The first-order valence-electron chi connectivity index (χ1n) is 5.52. The molecule has 5 heteroatoms. The first-order valence-corrected chi connectivity index (χ1v) is 5.52. The second kappa shape index (κ2) is 7.22. The average Bonchev–Trinajstić information content (AvgIpc) is 2.15. The van der Waals surface area contributed by atoms with Crippen LogP contribution in [0.2, 0.25) is 0 Å². The minimum absolute atomic E-state index is 0.0837. The molecule has 0 saturated heterocycles. The van der Waals surface area contributed by atoms with Crippen LogP contribution in [0.15, 0.2) is 4.99 Å². The molecule has 16 heavy (non-hydrogen) atoms. The first-order chi connectivity index (χ1) is 7.39. The maximum absolute atomic E-state index is 11.2. The summed E-state index contributed by atoms with van der Waals surface area (Å²) in [5.41, 5.74) is 5.01. The van der Waals surface area contributed by atoms with E-state index in [-0.39, 0.29) is 12.1 Å². The van der Waals surface area contributed by atoms with Crippen LogP contribution in [0.5, 0.6) is 0 Å². The van der Waals surface area contributed by atoms with Crippen LogP contribution in [-0.4, -0.2) is 37.5 Å². The molecule has 0 aromatic carbocycles. The number of hydrogen-bond acceptors (Lipinski definition) is 4. The Balaban J connectivity index is 3.59. The highest BCUT2D eigenvalue weighted by atomic mass is 16.6. The summed E-state index contributed by atoms with van der Waals surface area (Å²) in [5, 5.41) is 2.68. The summed E-state index contributed by atoms with van der Waals surface area (Å²) in [6.07, 6.45) is 1.26. The standard InChI is InChI=1S/C11H23N3O2/c1-11(2,3)16-10(15)14-7-5-6-9(8-12)13-4/h9H,4-8,12H2,1-3H3,(H,14,15)/t9-/m1/s1. The lowest BCUT2D eigenvalue weighted by atomic mass is 10.1. The zero-order valence-corrected chi connectivity index (χ0v) is 10.5.